The van der Waals surface area contributed by atoms with E-state index in [9.17, 15) is 4.79 Å². The molecule has 5 nitrogen and oxygen atoms in total. The highest BCUT2D eigenvalue weighted by Gasteiger charge is 2.24. The van der Waals surface area contributed by atoms with Gasteiger partial charge in [-0.25, -0.2) is 4.79 Å². The van der Waals surface area contributed by atoms with Gasteiger partial charge >= 0.3 is 5.97 Å². The predicted molar refractivity (Wildman–Crippen MR) is 72.1 cm³/mol. The molecule has 3 N–H and O–H groups in total. The Labute approximate surface area is 110 Å². The van der Waals surface area contributed by atoms with Crippen molar-refractivity contribution in [2.24, 2.45) is 5.92 Å². The third-order valence-corrected chi connectivity index (χ3v) is 4.29. The first-order valence-electron chi connectivity index (χ1n) is 5.95. The van der Waals surface area contributed by atoms with Gasteiger partial charge in [-0.1, -0.05) is 0 Å². The van der Waals surface area contributed by atoms with Gasteiger partial charge in [0.1, 0.15) is 4.88 Å². The minimum absolute atomic E-state index is 0.287. The Bertz CT molecular complexity index is 433. The van der Waals surface area contributed by atoms with E-state index in [-0.39, 0.29) is 12.1 Å². The number of esters is 1. The summed E-state index contributed by atoms with van der Waals surface area (Å²) in [4.78, 5) is 11.9. The number of thiophene rings is 1. The molecule has 0 bridgehead atoms. The number of hydrogen-bond donors (Lipinski definition) is 2. The number of nitrogens with one attached hydrogen (secondary N) is 1. The number of rotatable bonds is 4. The van der Waals surface area contributed by atoms with Gasteiger partial charge in [0.05, 0.1) is 23.9 Å². The summed E-state index contributed by atoms with van der Waals surface area (Å²) in [6, 6.07) is 1.78. The second-order valence-electron chi connectivity index (χ2n) is 4.39. The molecule has 0 amide bonds. The van der Waals surface area contributed by atoms with Gasteiger partial charge in [0.25, 0.3) is 0 Å². The summed E-state index contributed by atoms with van der Waals surface area (Å²) in [5.41, 5.74) is 6.24. The molecule has 1 aromatic rings. The van der Waals surface area contributed by atoms with Gasteiger partial charge < -0.3 is 20.5 Å². The van der Waals surface area contributed by atoms with Crippen molar-refractivity contribution in [1.29, 1.82) is 0 Å². The van der Waals surface area contributed by atoms with Crippen molar-refractivity contribution < 1.29 is 14.3 Å². The van der Waals surface area contributed by atoms with Crippen molar-refractivity contribution >= 4 is 28.0 Å². The van der Waals surface area contributed by atoms with E-state index in [4.69, 9.17) is 10.5 Å². The average molecular weight is 270 g/mol. The van der Waals surface area contributed by atoms with Crippen LogP contribution in [0.3, 0.4) is 0 Å². The summed E-state index contributed by atoms with van der Waals surface area (Å²) in [5, 5.41) is 4.20. The number of nitrogens with two attached hydrogens (primary N) is 1. The number of carbonyl (C=O) groups excluding carboxylic acids is 1. The molecule has 6 heteroatoms. The fraction of sp³-hybridized carbons (Fsp3) is 0.583. The Balaban J connectivity index is 1.95. The molecule has 0 aromatic carbocycles. The molecule has 1 saturated heterocycles. The van der Waals surface area contributed by atoms with Crippen molar-refractivity contribution in [1.82, 2.24) is 0 Å². The van der Waals surface area contributed by atoms with E-state index >= 15 is 0 Å². The molecule has 2 unspecified atom stereocenters. The Morgan fingerprint density at radius 3 is 3.11 bits per heavy atom. The van der Waals surface area contributed by atoms with E-state index in [1.54, 1.807) is 6.07 Å². The van der Waals surface area contributed by atoms with E-state index in [1.807, 2.05) is 0 Å². The zero-order valence-electron chi connectivity index (χ0n) is 10.6. The molecule has 0 radical (unpaired) electrons. The van der Waals surface area contributed by atoms with Gasteiger partial charge in [0.2, 0.25) is 0 Å². The lowest BCUT2D eigenvalue weighted by atomic mass is 10.0. The number of carbonyl (C=O) groups is 1. The lowest BCUT2D eigenvalue weighted by Crippen LogP contribution is -2.20. The second kappa shape index (κ2) is 5.58. The summed E-state index contributed by atoms with van der Waals surface area (Å²) in [5.74, 6) is 0.123. The summed E-state index contributed by atoms with van der Waals surface area (Å²) in [7, 11) is 1.35. The van der Waals surface area contributed by atoms with Crippen LogP contribution in [0.1, 0.15) is 23.0 Å². The Morgan fingerprint density at radius 1 is 1.72 bits per heavy atom. The van der Waals surface area contributed by atoms with Gasteiger partial charge in [0.15, 0.2) is 0 Å². The van der Waals surface area contributed by atoms with Crippen LogP contribution in [0.5, 0.6) is 0 Å². The number of nitrogen functional groups attached to an aromatic ring is 1. The minimum atomic E-state index is -0.386. The fourth-order valence-corrected chi connectivity index (χ4v) is 2.93. The zero-order valence-corrected chi connectivity index (χ0v) is 11.4. The van der Waals surface area contributed by atoms with Crippen LogP contribution in [0.25, 0.3) is 0 Å². The molecule has 1 fully saturated rings. The van der Waals surface area contributed by atoms with Gasteiger partial charge in [0, 0.05) is 19.1 Å². The molecule has 100 valence electrons. The van der Waals surface area contributed by atoms with Crippen LogP contribution in [0.15, 0.2) is 6.07 Å². The Morgan fingerprint density at radius 2 is 2.50 bits per heavy atom. The second-order valence-corrected chi connectivity index (χ2v) is 5.44. The summed E-state index contributed by atoms with van der Waals surface area (Å²) in [6.07, 6.45) is 1.36. The fourth-order valence-electron chi connectivity index (χ4n) is 2.02. The minimum Gasteiger partial charge on any atom is -0.465 e. The first kappa shape index (κ1) is 13.2. The quantitative estimate of drug-likeness (QED) is 0.818. The molecule has 2 heterocycles. The normalized spacial score (nSPS) is 23.0. The Kier molecular flexibility index (Phi) is 4.08. The van der Waals surface area contributed by atoms with Crippen LogP contribution in [-0.2, 0) is 9.47 Å². The van der Waals surface area contributed by atoms with E-state index in [0.717, 1.165) is 24.6 Å². The molecule has 1 aromatic heterocycles. The third kappa shape index (κ3) is 2.76. The van der Waals surface area contributed by atoms with Crippen molar-refractivity contribution in [2.75, 3.05) is 31.3 Å². The highest BCUT2D eigenvalue weighted by molar-refractivity contribution is 7.18. The smallest absolute Gasteiger partial charge is 0.350 e. The molecule has 1 aliphatic rings. The highest BCUT2D eigenvalue weighted by Crippen LogP contribution is 2.30. The molecule has 2 atom stereocenters. The average Bonchev–Trinajstić information content (AvgIpc) is 2.92. The van der Waals surface area contributed by atoms with Crippen molar-refractivity contribution in [2.45, 2.75) is 19.4 Å². The molecule has 18 heavy (non-hydrogen) atoms. The van der Waals surface area contributed by atoms with Crippen LogP contribution < -0.4 is 11.1 Å². The maximum absolute atomic E-state index is 11.4. The van der Waals surface area contributed by atoms with Crippen LogP contribution in [0, 0.1) is 5.92 Å². The molecule has 0 aliphatic carbocycles. The first-order valence-corrected chi connectivity index (χ1v) is 6.76. The summed E-state index contributed by atoms with van der Waals surface area (Å²) < 4.78 is 10.2. The molecular formula is C12H18N2O3S. The third-order valence-electron chi connectivity index (χ3n) is 3.20. The maximum Gasteiger partial charge on any atom is 0.350 e. The van der Waals surface area contributed by atoms with Crippen molar-refractivity contribution in [3.63, 3.8) is 0 Å². The molecule has 0 spiro atoms. The molecular weight excluding hydrogens is 252 g/mol. The van der Waals surface area contributed by atoms with Crippen LogP contribution >= 0.6 is 11.3 Å². The van der Waals surface area contributed by atoms with E-state index in [2.05, 4.69) is 17.0 Å². The molecule has 1 aliphatic heterocycles. The van der Waals surface area contributed by atoms with Crippen LogP contribution in [0.4, 0.5) is 10.7 Å². The standard InChI is InChI=1S/C12H18N2O3S/c1-7-8(3-4-17-7)6-14-10-5-9(13)11(18-10)12(15)16-2/h5,7-8,14H,3-4,6,13H2,1-2H3. The van der Waals surface area contributed by atoms with E-state index < -0.39 is 0 Å². The number of methoxy groups -OCH3 is 1. The highest BCUT2D eigenvalue weighted by atomic mass is 32.1. The van der Waals surface area contributed by atoms with Crippen LogP contribution in [0.2, 0.25) is 0 Å². The number of hydrogen-bond acceptors (Lipinski definition) is 6. The first-order chi connectivity index (χ1) is 8.61. The van der Waals surface area contributed by atoms with Gasteiger partial charge in [-0.05, 0) is 19.4 Å². The largest absolute Gasteiger partial charge is 0.465 e. The summed E-state index contributed by atoms with van der Waals surface area (Å²) >= 11 is 1.33. The van der Waals surface area contributed by atoms with E-state index in [1.165, 1.54) is 18.4 Å². The lowest BCUT2D eigenvalue weighted by molar-refractivity contribution is 0.0607. The topological polar surface area (TPSA) is 73.6 Å². The van der Waals surface area contributed by atoms with Gasteiger partial charge in [-0.15, -0.1) is 11.3 Å². The zero-order chi connectivity index (χ0) is 13.1. The van der Waals surface area contributed by atoms with Crippen molar-refractivity contribution in [3.05, 3.63) is 10.9 Å². The Hall–Kier alpha value is -1.27. The maximum atomic E-state index is 11.4. The lowest BCUT2D eigenvalue weighted by Gasteiger charge is -2.14. The van der Waals surface area contributed by atoms with Crippen LogP contribution in [-0.4, -0.2) is 32.3 Å². The van der Waals surface area contributed by atoms with Gasteiger partial charge in [-0.2, -0.15) is 0 Å². The molecule has 0 saturated carbocycles. The summed E-state index contributed by atoms with van der Waals surface area (Å²) in [6.45, 7) is 3.75. The predicted octanol–water partition coefficient (Wildman–Crippen LogP) is 1.95. The molecule has 2 rings (SSSR count). The van der Waals surface area contributed by atoms with Gasteiger partial charge in [-0.3, -0.25) is 0 Å². The SMILES string of the molecule is COC(=O)c1sc(NCC2CCOC2C)cc1N. The monoisotopic (exact) mass is 270 g/mol. The number of anilines is 2. The van der Waals surface area contributed by atoms with E-state index in [0.29, 0.717) is 16.5 Å². The number of ether oxygens (including phenoxy) is 2. The van der Waals surface area contributed by atoms with Crippen molar-refractivity contribution in [3.8, 4) is 0 Å².